The molecule has 2 aliphatic heterocycles. The topological polar surface area (TPSA) is 89.5 Å². The predicted molar refractivity (Wildman–Crippen MR) is 141 cm³/mol. The smallest absolute Gasteiger partial charge is 0.331 e. The molecule has 0 unspecified atom stereocenters. The number of carbonyl (C=O) groups is 2. The quantitative estimate of drug-likeness (QED) is 0.393. The summed E-state index contributed by atoms with van der Waals surface area (Å²) in [7, 11) is 2.98. The number of benzene rings is 2. The van der Waals surface area contributed by atoms with Gasteiger partial charge in [-0.15, -0.1) is 0 Å². The van der Waals surface area contributed by atoms with Crippen LogP contribution < -0.4 is 14.2 Å². The molecule has 4 atom stereocenters. The fraction of sp³-hybridized carbons (Fsp3) is 0.355. The maximum atomic E-state index is 14.3. The summed E-state index contributed by atoms with van der Waals surface area (Å²) < 4.78 is 35.1. The van der Waals surface area contributed by atoms with E-state index in [2.05, 4.69) is 13.8 Å². The van der Waals surface area contributed by atoms with Crippen LogP contribution in [0.15, 0.2) is 65.6 Å². The van der Waals surface area contributed by atoms with Gasteiger partial charge in [0.05, 0.1) is 14.2 Å². The highest BCUT2D eigenvalue weighted by Crippen LogP contribution is 2.61. The van der Waals surface area contributed by atoms with E-state index in [-0.39, 0.29) is 36.8 Å². The van der Waals surface area contributed by atoms with E-state index in [0.29, 0.717) is 40.6 Å². The maximum Gasteiger partial charge on any atom is 0.331 e. The molecule has 6 rings (SSSR count). The number of esters is 1. The van der Waals surface area contributed by atoms with Crippen LogP contribution in [0.25, 0.3) is 6.08 Å². The van der Waals surface area contributed by atoms with E-state index in [9.17, 15) is 9.59 Å². The van der Waals surface area contributed by atoms with Crippen LogP contribution in [0.1, 0.15) is 43.1 Å². The number of ketones is 1. The van der Waals surface area contributed by atoms with Gasteiger partial charge in [0, 0.05) is 23.1 Å². The Bertz CT molecular complexity index is 1440. The van der Waals surface area contributed by atoms with Crippen LogP contribution in [-0.2, 0) is 29.2 Å². The highest BCUT2D eigenvalue weighted by Gasteiger charge is 2.59. The van der Waals surface area contributed by atoms with Crippen LogP contribution in [0.2, 0.25) is 0 Å². The third-order valence-corrected chi connectivity index (χ3v) is 8.28. The zero-order chi connectivity index (χ0) is 27.3. The summed E-state index contributed by atoms with van der Waals surface area (Å²) in [5, 5.41) is 0. The lowest BCUT2D eigenvalue weighted by Gasteiger charge is -2.41. The molecule has 8 heteroatoms. The van der Waals surface area contributed by atoms with E-state index < -0.39 is 17.5 Å². The molecule has 0 radical (unpaired) electrons. The molecule has 39 heavy (non-hydrogen) atoms. The van der Waals surface area contributed by atoms with E-state index in [1.165, 1.54) is 20.3 Å². The summed E-state index contributed by atoms with van der Waals surface area (Å²) in [6.45, 7) is 4.26. The van der Waals surface area contributed by atoms with Gasteiger partial charge in [-0.25, -0.2) is 4.79 Å². The van der Waals surface area contributed by atoms with Crippen molar-refractivity contribution in [3.05, 3.63) is 82.3 Å². The molecule has 8 nitrogen and oxygen atoms in total. The monoisotopic (exact) mass is 530 g/mol. The summed E-state index contributed by atoms with van der Waals surface area (Å²) in [5.74, 6) is 1.11. The molecule has 1 spiro atoms. The Balaban J connectivity index is 1.51. The molecule has 0 fully saturated rings. The van der Waals surface area contributed by atoms with Crippen molar-refractivity contribution in [1.82, 2.24) is 0 Å². The van der Waals surface area contributed by atoms with Gasteiger partial charge in [-0.05, 0) is 41.7 Å². The Morgan fingerprint density at radius 3 is 2.59 bits per heavy atom. The first-order valence-corrected chi connectivity index (χ1v) is 13.0. The fourth-order valence-corrected chi connectivity index (χ4v) is 6.07. The second kappa shape index (κ2) is 9.52. The van der Waals surface area contributed by atoms with Crippen molar-refractivity contribution in [2.75, 3.05) is 27.6 Å². The number of hydrogen-bond acceptors (Lipinski definition) is 8. The Morgan fingerprint density at radius 2 is 1.85 bits per heavy atom. The first-order chi connectivity index (χ1) is 18.9. The molecule has 0 N–H and O–H groups in total. The molecular weight excluding hydrogens is 500 g/mol. The highest BCUT2D eigenvalue weighted by atomic mass is 16.7. The molecule has 0 amide bonds. The third kappa shape index (κ3) is 3.80. The van der Waals surface area contributed by atoms with Crippen LogP contribution in [0, 0.1) is 11.8 Å². The van der Waals surface area contributed by atoms with Gasteiger partial charge in [0.1, 0.15) is 18.1 Å². The zero-order valence-corrected chi connectivity index (χ0v) is 22.3. The van der Waals surface area contributed by atoms with Gasteiger partial charge in [-0.3, -0.25) is 4.79 Å². The van der Waals surface area contributed by atoms with Crippen molar-refractivity contribution in [3.8, 4) is 17.2 Å². The summed E-state index contributed by atoms with van der Waals surface area (Å²) in [6.07, 6.45) is 4.95. The number of Topliss-reactive ketones (excluding diaryl/α,β-unsaturated/α-hetero) is 1. The van der Waals surface area contributed by atoms with Gasteiger partial charge in [0.25, 0.3) is 0 Å². The lowest BCUT2D eigenvalue weighted by atomic mass is 9.62. The number of allylic oxidation sites excluding steroid dienone is 2. The lowest BCUT2D eigenvalue weighted by molar-refractivity contribution is -0.147. The van der Waals surface area contributed by atoms with Crippen molar-refractivity contribution in [3.63, 3.8) is 0 Å². The number of fused-ring (bicyclic) bond motifs is 2. The average molecular weight is 531 g/mol. The number of methoxy groups -OCH3 is 2. The van der Waals surface area contributed by atoms with Crippen molar-refractivity contribution in [2.45, 2.75) is 31.8 Å². The molecule has 2 aromatic carbocycles. The Morgan fingerprint density at radius 1 is 1.05 bits per heavy atom. The molecule has 0 aromatic heterocycles. The second-order valence-electron chi connectivity index (χ2n) is 10.3. The minimum absolute atomic E-state index is 0.0332. The lowest BCUT2D eigenvalue weighted by Crippen LogP contribution is -2.46. The number of hydrogen-bond donors (Lipinski definition) is 0. The summed E-state index contributed by atoms with van der Waals surface area (Å²) >= 11 is 0. The van der Waals surface area contributed by atoms with Crippen LogP contribution in [0.3, 0.4) is 0 Å². The van der Waals surface area contributed by atoms with E-state index in [0.717, 1.165) is 11.1 Å². The summed E-state index contributed by atoms with van der Waals surface area (Å²) in [5.41, 5.74) is 1.90. The predicted octanol–water partition coefficient (Wildman–Crippen LogP) is 5.03. The highest BCUT2D eigenvalue weighted by molar-refractivity contribution is 6.08. The second-order valence-corrected chi connectivity index (χ2v) is 10.3. The van der Waals surface area contributed by atoms with Crippen LogP contribution in [-0.4, -0.2) is 39.4 Å². The van der Waals surface area contributed by atoms with Crippen molar-refractivity contribution < 1.29 is 38.0 Å². The normalized spacial score (nSPS) is 26.7. The van der Waals surface area contributed by atoms with Gasteiger partial charge in [0.2, 0.25) is 24.1 Å². The molecule has 2 aromatic rings. The van der Waals surface area contributed by atoms with E-state index in [1.807, 2.05) is 42.5 Å². The largest absolute Gasteiger partial charge is 0.493 e. The van der Waals surface area contributed by atoms with Gasteiger partial charge in [-0.1, -0.05) is 44.2 Å². The van der Waals surface area contributed by atoms with Crippen molar-refractivity contribution in [1.29, 1.82) is 0 Å². The van der Waals surface area contributed by atoms with Crippen LogP contribution in [0.5, 0.6) is 17.2 Å². The first-order valence-electron chi connectivity index (χ1n) is 13.0. The van der Waals surface area contributed by atoms with Gasteiger partial charge in [-0.2, -0.15) is 0 Å². The molecule has 0 saturated carbocycles. The molecule has 0 saturated heterocycles. The fourth-order valence-electron chi connectivity index (χ4n) is 6.07. The SMILES string of the molecule is COC1=C(OC)C(=O)[C@]23COc4c5c(cc(c42)[C@H](OC(=O)/C=C/c2ccccc2)[C@H](C)[C@H](C)CC3=C1)OCO5. The molecule has 2 aliphatic carbocycles. The number of ether oxygens (including phenoxy) is 6. The first kappa shape index (κ1) is 25.1. The summed E-state index contributed by atoms with van der Waals surface area (Å²) in [6, 6.07) is 11.4. The third-order valence-electron chi connectivity index (χ3n) is 8.28. The van der Waals surface area contributed by atoms with Crippen molar-refractivity contribution >= 4 is 17.8 Å². The molecule has 2 heterocycles. The summed E-state index contributed by atoms with van der Waals surface area (Å²) in [4.78, 5) is 27.4. The standard InChI is InChI=1S/C31H30O8/c1-17-12-20-13-22(34-3)28(35-4)30(33)31(20)15-36-29-25(31)21(14-23-27(29)38-16-37-23)26(18(17)2)39-24(32)11-10-19-8-6-5-7-9-19/h5-11,13-14,17-18,26H,12,15-16H2,1-4H3/b11-10+/t17-,18-,26-,31+/m1/s1. The maximum absolute atomic E-state index is 14.3. The molecule has 202 valence electrons. The van der Waals surface area contributed by atoms with Gasteiger partial charge in [0.15, 0.2) is 17.3 Å². The average Bonchev–Trinajstić information content (AvgIpc) is 3.58. The number of rotatable bonds is 5. The Labute approximate surface area is 226 Å². The zero-order valence-electron chi connectivity index (χ0n) is 22.3. The van der Waals surface area contributed by atoms with E-state index in [1.54, 1.807) is 6.08 Å². The minimum atomic E-state index is -1.17. The van der Waals surface area contributed by atoms with Crippen molar-refractivity contribution in [2.24, 2.45) is 11.8 Å². The molecular formula is C31H30O8. The molecule has 0 bridgehead atoms. The Kier molecular flexibility index (Phi) is 6.13. The molecule has 4 aliphatic rings. The number of carbonyl (C=O) groups excluding carboxylic acids is 2. The van der Waals surface area contributed by atoms with E-state index >= 15 is 0 Å². The van der Waals surface area contributed by atoms with Crippen LogP contribution in [0.4, 0.5) is 0 Å². The van der Waals surface area contributed by atoms with Crippen LogP contribution >= 0.6 is 0 Å². The minimum Gasteiger partial charge on any atom is -0.493 e. The van der Waals surface area contributed by atoms with E-state index in [4.69, 9.17) is 28.4 Å². The van der Waals surface area contributed by atoms with Gasteiger partial charge < -0.3 is 28.4 Å². The Hall–Kier alpha value is -4.20. The van der Waals surface area contributed by atoms with Gasteiger partial charge >= 0.3 is 5.97 Å².